The van der Waals surface area contributed by atoms with Crippen molar-refractivity contribution in [3.8, 4) is 5.75 Å². The molecule has 0 radical (unpaired) electrons. The minimum absolute atomic E-state index is 0.0248. The van der Waals surface area contributed by atoms with Crippen molar-refractivity contribution in [3.05, 3.63) is 71.9 Å². The van der Waals surface area contributed by atoms with Crippen LogP contribution in [0.25, 0.3) is 0 Å². The maximum absolute atomic E-state index is 12.5. The van der Waals surface area contributed by atoms with Crippen molar-refractivity contribution >= 4 is 17.5 Å². The van der Waals surface area contributed by atoms with Crippen LogP contribution in [0.4, 0.5) is 5.69 Å². The molecule has 1 aromatic heterocycles. The zero-order chi connectivity index (χ0) is 20.2. The largest absolute Gasteiger partial charge is 0.495 e. The normalized spacial score (nSPS) is 16.1. The van der Waals surface area contributed by atoms with E-state index in [2.05, 4.69) is 15.5 Å². The molecule has 4 rings (SSSR count). The van der Waals surface area contributed by atoms with E-state index < -0.39 is 0 Å². The quantitative estimate of drug-likeness (QED) is 0.692. The molecule has 29 heavy (non-hydrogen) atoms. The first-order valence-electron chi connectivity index (χ1n) is 9.25. The number of nitrogens with zero attached hydrogens (tertiary/aromatic N) is 3. The summed E-state index contributed by atoms with van der Waals surface area (Å²) in [6, 6.07) is 16.3. The Bertz CT molecular complexity index is 1020. The van der Waals surface area contributed by atoms with Crippen molar-refractivity contribution < 1.29 is 18.8 Å². The molecule has 1 aliphatic rings. The Morgan fingerprint density at radius 3 is 2.76 bits per heavy atom. The van der Waals surface area contributed by atoms with Gasteiger partial charge in [0.2, 0.25) is 11.8 Å². The number of carbonyl (C=O) groups is 2. The smallest absolute Gasteiger partial charge is 0.251 e. The van der Waals surface area contributed by atoms with Crippen LogP contribution in [0.15, 0.2) is 59.1 Å². The fourth-order valence-corrected chi connectivity index (χ4v) is 3.32. The lowest BCUT2D eigenvalue weighted by Crippen LogP contribution is -2.24. The van der Waals surface area contributed by atoms with Gasteiger partial charge in [0.25, 0.3) is 5.91 Å². The second-order valence-electron chi connectivity index (χ2n) is 6.67. The molecule has 8 heteroatoms. The Labute approximate surface area is 167 Å². The average Bonchev–Trinajstić information content (AvgIpc) is 3.39. The van der Waals surface area contributed by atoms with E-state index in [4.69, 9.17) is 9.26 Å². The van der Waals surface area contributed by atoms with Gasteiger partial charge in [0, 0.05) is 24.4 Å². The van der Waals surface area contributed by atoms with Gasteiger partial charge in [-0.1, -0.05) is 35.5 Å². The van der Waals surface area contributed by atoms with Crippen LogP contribution in [-0.2, 0) is 11.3 Å². The molecule has 0 spiro atoms. The van der Waals surface area contributed by atoms with Crippen molar-refractivity contribution in [2.45, 2.75) is 18.9 Å². The maximum Gasteiger partial charge on any atom is 0.251 e. The van der Waals surface area contributed by atoms with E-state index in [-0.39, 0.29) is 30.7 Å². The molecule has 2 amide bonds. The zero-order valence-corrected chi connectivity index (χ0v) is 15.9. The monoisotopic (exact) mass is 392 g/mol. The first kappa shape index (κ1) is 18.7. The molecule has 148 valence electrons. The Balaban J connectivity index is 1.41. The van der Waals surface area contributed by atoms with E-state index in [0.29, 0.717) is 29.6 Å². The number of aromatic nitrogens is 2. The molecule has 1 fully saturated rings. The number of nitrogens with one attached hydrogen (secondary N) is 1. The van der Waals surface area contributed by atoms with Crippen LogP contribution in [0.5, 0.6) is 5.75 Å². The Morgan fingerprint density at radius 2 is 1.97 bits per heavy atom. The Morgan fingerprint density at radius 1 is 1.21 bits per heavy atom. The van der Waals surface area contributed by atoms with Crippen LogP contribution < -0.4 is 15.0 Å². The highest BCUT2D eigenvalue weighted by atomic mass is 16.5. The number of methoxy groups -OCH3 is 1. The molecular weight excluding hydrogens is 372 g/mol. The van der Waals surface area contributed by atoms with Gasteiger partial charge in [0.1, 0.15) is 5.75 Å². The van der Waals surface area contributed by atoms with Gasteiger partial charge in [-0.25, -0.2) is 0 Å². The molecule has 0 saturated carbocycles. The summed E-state index contributed by atoms with van der Waals surface area (Å²) >= 11 is 0. The van der Waals surface area contributed by atoms with E-state index in [1.54, 1.807) is 36.3 Å². The summed E-state index contributed by atoms with van der Waals surface area (Å²) in [6.45, 7) is 0.562. The standard InChI is InChI=1S/C21H20N4O4/c1-28-17-10-6-5-9-16(17)25-13-15(11-19(25)26)20-23-18(29-24-20)12-22-21(27)14-7-3-2-4-8-14/h2-10,15H,11-13H2,1H3,(H,22,27). The number of benzene rings is 2. The van der Waals surface area contributed by atoms with Gasteiger partial charge in [-0.15, -0.1) is 0 Å². The molecule has 8 nitrogen and oxygen atoms in total. The van der Waals surface area contributed by atoms with Gasteiger partial charge in [0.05, 0.1) is 19.3 Å². The topological polar surface area (TPSA) is 97.6 Å². The van der Waals surface area contributed by atoms with Crippen LogP contribution >= 0.6 is 0 Å². The summed E-state index contributed by atoms with van der Waals surface area (Å²) < 4.78 is 10.6. The van der Waals surface area contributed by atoms with Crippen molar-refractivity contribution in [1.29, 1.82) is 0 Å². The number of hydrogen-bond donors (Lipinski definition) is 1. The molecule has 0 aliphatic carbocycles. The van der Waals surface area contributed by atoms with Gasteiger partial charge in [0.15, 0.2) is 5.82 Å². The molecule has 1 saturated heterocycles. The number of carbonyl (C=O) groups excluding carboxylic acids is 2. The summed E-state index contributed by atoms with van der Waals surface area (Å²) in [5, 5.41) is 6.76. The molecule has 2 aromatic carbocycles. The molecule has 3 aromatic rings. The van der Waals surface area contributed by atoms with Crippen LogP contribution in [0.2, 0.25) is 0 Å². The Hall–Kier alpha value is -3.68. The lowest BCUT2D eigenvalue weighted by atomic mass is 10.1. The van der Waals surface area contributed by atoms with Crippen molar-refractivity contribution in [3.63, 3.8) is 0 Å². The van der Waals surface area contributed by atoms with Gasteiger partial charge in [-0.2, -0.15) is 4.98 Å². The SMILES string of the molecule is COc1ccccc1N1CC(c2noc(CNC(=O)c3ccccc3)n2)CC1=O. The molecule has 2 heterocycles. The average molecular weight is 392 g/mol. The molecular formula is C21H20N4O4. The highest BCUT2D eigenvalue weighted by molar-refractivity contribution is 5.97. The number of para-hydroxylation sites is 2. The first-order valence-corrected chi connectivity index (χ1v) is 9.25. The minimum Gasteiger partial charge on any atom is -0.495 e. The van der Waals surface area contributed by atoms with E-state index in [1.807, 2.05) is 30.3 Å². The first-order chi connectivity index (χ1) is 14.2. The van der Waals surface area contributed by atoms with Gasteiger partial charge >= 0.3 is 0 Å². The zero-order valence-electron chi connectivity index (χ0n) is 15.9. The third-order valence-electron chi connectivity index (χ3n) is 4.79. The van der Waals surface area contributed by atoms with E-state index in [0.717, 1.165) is 5.69 Å². The summed E-state index contributed by atoms with van der Waals surface area (Å²) in [7, 11) is 1.58. The molecule has 1 aliphatic heterocycles. The highest BCUT2D eigenvalue weighted by Gasteiger charge is 2.35. The predicted octanol–water partition coefficient (Wildman–Crippen LogP) is 2.53. The molecule has 1 N–H and O–H groups in total. The van der Waals surface area contributed by atoms with Gasteiger partial charge < -0.3 is 19.5 Å². The third-order valence-corrected chi connectivity index (χ3v) is 4.79. The van der Waals surface area contributed by atoms with E-state index in [9.17, 15) is 9.59 Å². The number of rotatable bonds is 6. The predicted molar refractivity (Wildman–Crippen MR) is 105 cm³/mol. The molecule has 0 bridgehead atoms. The second kappa shape index (κ2) is 8.14. The minimum atomic E-state index is -0.219. The lowest BCUT2D eigenvalue weighted by molar-refractivity contribution is -0.117. The molecule has 1 atom stereocenters. The van der Waals surface area contributed by atoms with Crippen molar-refractivity contribution in [2.75, 3.05) is 18.6 Å². The van der Waals surface area contributed by atoms with Crippen molar-refractivity contribution in [1.82, 2.24) is 15.5 Å². The highest BCUT2D eigenvalue weighted by Crippen LogP contribution is 2.35. The maximum atomic E-state index is 12.5. The van der Waals surface area contributed by atoms with Crippen molar-refractivity contribution in [2.24, 2.45) is 0 Å². The third kappa shape index (κ3) is 3.96. The van der Waals surface area contributed by atoms with E-state index >= 15 is 0 Å². The second-order valence-corrected chi connectivity index (χ2v) is 6.67. The lowest BCUT2D eigenvalue weighted by Gasteiger charge is -2.18. The van der Waals surface area contributed by atoms with E-state index in [1.165, 1.54) is 0 Å². The van der Waals surface area contributed by atoms with Gasteiger partial charge in [-0.3, -0.25) is 9.59 Å². The fraction of sp³-hybridized carbons (Fsp3) is 0.238. The summed E-state index contributed by atoms with van der Waals surface area (Å²) in [5.74, 6) is 0.966. The fourth-order valence-electron chi connectivity index (χ4n) is 3.32. The summed E-state index contributed by atoms with van der Waals surface area (Å²) in [4.78, 5) is 30.7. The van der Waals surface area contributed by atoms with Gasteiger partial charge in [-0.05, 0) is 24.3 Å². The summed E-state index contributed by atoms with van der Waals surface area (Å²) in [6.07, 6.45) is 0.285. The van der Waals surface area contributed by atoms with Crippen LogP contribution in [0.1, 0.15) is 34.4 Å². The van der Waals surface area contributed by atoms with Crippen LogP contribution in [0.3, 0.4) is 0 Å². The van der Waals surface area contributed by atoms with Crippen LogP contribution in [0, 0.1) is 0 Å². The summed E-state index contributed by atoms with van der Waals surface area (Å²) in [5.41, 5.74) is 1.28. The number of ether oxygens (including phenoxy) is 1. The Kier molecular flexibility index (Phi) is 5.24. The number of hydrogen-bond acceptors (Lipinski definition) is 6. The molecule has 1 unspecified atom stereocenters. The number of amides is 2. The van der Waals surface area contributed by atoms with Crippen LogP contribution in [-0.4, -0.2) is 35.6 Å². The number of anilines is 1.